The highest BCUT2D eigenvalue weighted by molar-refractivity contribution is 7.89. The monoisotopic (exact) mass is 299 g/mol. The number of H-pyrrole nitrogens is 1. The first-order valence-corrected chi connectivity index (χ1v) is 7.99. The van der Waals surface area contributed by atoms with Crippen molar-refractivity contribution in [1.82, 2.24) is 14.7 Å². The molecule has 0 aliphatic heterocycles. The molecule has 0 aliphatic rings. The van der Waals surface area contributed by atoms with Crippen LogP contribution in [-0.4, -0.2) is 18.4 Å². The van der Waals surface area contributed by atoms with E-state index in [0.29, 0.717) is 11.4 Å². The van der Waals surface area contributed by atoms with Crippen LogP contribution in [0.5, 0.6) is 0 Å². The summed E-state index contributed by atoms with van der Waals surface area (Å²) in [5, 5.41) is 2.46. The first-order valence-electron chi connectivity index (χ1n) is 5.63. The fourth-order valence-corrected chi connectivity index (χ4v) is 3.76. The predicted octanol–water partition coefficient (Wildman–Crippen LogP) is 1.26. The highest BCUT2D eigenvalue weighted by Crippen LogP contribution is 2.20. The molecule has 1 unspecified atom stereocenters. The van der Waals surface area contributed by atoms with Crippen molar-refractivity contribution < 1.29 is 8.42 Å². The topological polar surface area (TPSA) is 91.9 Å². The van der Waals surface area contributed by atoms with Crippen molar-refractivity contribution in [3.8, 4) is 0 Å². The number of sulfonamides is 1. The van der Waals surface area contributed by atoms with Gasteiger partial charge in [0.2, 0.25) is 15.5 Å². The van der Waals surface area contributed by atoms with Gasteiger partial charge in [0, 0.05) is 30.0 Å². The molecule has 0 radical (unpaired) electrons. The van der Waals surface area contributed by atoms with Gasteiger partial charge >= 0.3 is 0 Å². The van der Waals surface area contributed by atoms with Crippen LogP contribution in [0.3, 0.4) is 0 Å². The molecule has 8 heteroatoms. The molecule has 102 valence electrons. The summed E-state index contributed by atoms with van der Waals surface area (Å²) in [5.74, 6) is 0. The van der Waals surface area contributed by atoms with E-state index in [1.54, 1.807) is 11.6 Å². The molecule has 1 atom stereocenters. The predicted molar refractivity (Wildman–Crippen MR) is 72.5 cm³/mol. The molecule has 2 N–H and O–H groups in total. The average Bonchev–Trinajstić information content (AvgIpc) is 2.90. The number of hydrogen-bond donors (Lipinski definition) is 2. The van der Waals surface area contributed by atoms with Crippen LogP contribution in [0.25, 0.3) is 0 Å². The van der Waals surface area contributed by atoms with E-state index < -0.39 is 21.5 Å². The number of nitrogens with one attached hydrogen (secondary N) is 2. The molecule has 0 aliphatic carbocycles. The van der Waals surface area contributed by atoms with Gasteiger partial charge in [-0.3, -0.25) is 4.79 Å². The summed E-state index contributed by atoms with van der Waals surface area (Å²) in [5.41, 5.74) is -0.541. The minimum absolute atomic E-state index is 0.287. The number of hydrogen-bond acceptors (Lipinski definition) is 5. The normalized spacial score (nSPS) is 13.3. The van der Waals surface area contributed by atoms with E-state index in [9.17, 15) is 13.2 Å². The third kappa shape index (κ3) is 3.09. The number of rotatable bonds is 5. The molecule has 0 saturated carbocycles. The zero-order valence-corrected chi connectivity index (χ0v) is 11.8. The Hall–Kier alpha value is -1.51. The Kier molecular flexibility index (Phi) is 4.13. The number of thiazole rings is 1. The van der Waals surface area contributed by atoms with Crippen LogP contribution in [0.2, 0.25) is 0 Å². The van der Waals surface area contributed by atoms with E-state index in [0.717, 1.165) is 0 Å². The minimum Gasteiger partial charge on any atom is -0.366 e. The molecule has 0 saturated heterocycles. The zero-order valence-electron chi connectivity index (χ0n) is 10.2. The van der Waals surface area contributed by atoms with Crippen molar-refractivity contribution in [2.24, 2.45) is 0 Å². The summed E-state index contributed by atoms with van der Waals surface area (Å²) in [4.78, 5) is 18.0. The lowest BCUT2D eigenvalue weighted by Gasteiger charge is -2.14. The molecule has 2 aromatic heterocycles. The van der Waals surface area contributed by atoms with Crippen LogP contribution < -0.4 is 10.2 Å². The van der Waals surface area contributed by atoms with Gasteiger partial charge in [-0.25, -0.2) is 18.1 Å². The highest BCUT2D eigenvalue weighted by Gasteiger charge is 2.23. The maximum absolute atomic E-state index is 12.2. The number of aromatic nitrogens is 2. The summed E-state index contributed by atoms with van der Waals surface area (Å²) in [6.45, 7) is 1.85. The Labute approximate surface area is 114 Å². The summed E-state index contributed by atoms with van der Waals surface area (Å²) in [6, 6.07) is 0.753. The molecule has 6 nitrogen and oxygen atoms in total. The Morgan fingerprint density at radius 3 is 2.89 bits per heavy atom. The first kappa shape index (κ1) is 13.9. The van der Waals surface area contributed by atoms with E-state index in [1.165, 1.54) is 29.8 Å². The van der Waals surface area contributed by atoms with Crippen LogP contribution in [-0.2, 0) is 10.0 Å². The third-order valence-corrected chi connectivity index (χ3v) is 4.92. The molecular formula is C11H13N3O3S2. The Balaban J connectivity index is 2.32. The molecular weight excluding hydrogens is 286 g/mol. The van der Waals surface area contributed by atoms with Gasteiger partial charge in [-0.1, -0.05) is 6.92 Å². The van der Waals surface area contributed by atoms with Gasteiger partial charge in [0.1, 0.15) is 9.90 Å². The second-order valence-corrected chi connectivity index (χ2v) is 6.43. The standard InChI is InChI=1S/C11H13N3O3S2/c1-2-8(11-13-5-6-18-11)14-19(16,17)10-7-12-4-3-9(10)15/h3-8,14H,2H2,1H3,(H,12,15). The van der Waals surface area contributed by atoms with E-state index in [4.69, 9.17) is 0 Å². The average molecular weight is 299 g/mol. The fraction of sp³-hybridized carbons (Fsp3) is 0.273. The molecule has 0 aromatic carbocycles. The fourth-order valence-electron chi connectivity index (χ4n) is 1.58. The molecule has 2 heterocycles. The van der Waals surface area contributed by atoms with E-state index in [2.05, 4.69) is 14.7 Å². The van der Waals surface area contributed by atoms with Crippen molar-refractivity contribution in [2.45, 2.75) is 24.3 Å². The van der Waals surface area contributed by atoms with Gasteiger partial charge in [-0.05, 0) is 6.42 Å². The number of nitrogens with zero attached hydrogens (tertiary/aromatic N) is 1. The SMILES string of the molecule is CCC(NS(=O)(=O)c1c[nH]ccc1=O)c1nccs1. The van der Waals surface area contributed by atoms with Crippen LogP contribution >= 0.6 is 11.3 Å². The minimum atomic E-state index is -3.86. The molecule has 0 bridgehead atoms. The largest absolute Gasteiger partial charge is 0.366 e. The van der Waals surface area contributed by atoms with Gasteiger partial charge in [0.25, 0.3) is 0 Å². The van der Waals surface area contributed by atoms with E-state index in [-0.39, 0.29) is 4.90 Å². The van der Waals surface area contributed by atoms with Crippen LogP contribution in [0.4, 0.5) is 0 Å². The van der Waals surface area contributed by atoms with Gasteiger partial charge in [-0.15, -0.1) is 11.3 Å². The van der Waals surface area contributed by atoms with Gasteiger partial charge < -0.3 is 4.98 Å². The quantitative estimate of drug-likeness (QED) is 0.869. The maximum Gasteiger partial charge on any atom is 0.246 e. The summed E-state index contributed by atoms with van der Waals surface area (Å²) < 4.78 is 26.8. The summed E-state index contributed by atoms with van der Waals surface area (Å²) >= 11 is 1.37. The second kappa shape index (κ2) is 5.64. The Morgan fingerprint density at radius 1 is 1.53 bits per heavy atom. The molecule has 2 rings (SSSR count). The lowest BCUT2D eigenvalue weighted by Crippen LogP contribution is -2.31. The van der Waals surface area contributed by atoms with E-state index >= 15 is 0 Å². The summed E-state index contributed by atoms with van der Waals surface area (Å²) in [6.07, 6.45) is 4.74. The van der Waals surface area contributed by atoms with Crippen molar-refractivity contribution in [2.75, 3.05) is 0 Å². The lowest BCUT2D eigenvalue weighted by atomic mass is 10.3. The highest BCUT2D eigenvalue weighted by atomic mass is 32.2. The maximum atomic E-state index is 12.2. The Bertz CT molecular complexity index is 692. The van der Waals surface area contributed by atoms with Gasteiger partial charge in [0.15, 0.2) is 0 Å². The molecule has 0 fully saturated rings. The number of aromatic amines is 1. The lowest BCUT2D eigenvalue weighted by molar-refractivity contribution is 0.548. The second-order valence-electron chi connectivity index (χ2n) is 3.83. The van der Waals surface area contributed by atoms with Crippen LogP contribution in [0.15, 0.2) is 39.7 Å². The third-order valence-electron chi connectivity index (χ3n) is 2.53. The van der Waals surface area contributed by atoms with Gasteiger partial charge in [-0.2, -0.15) is 0 Å². The van der Waals surface area contributed by atoms with Crippen LogP contribution in [0, 0.1) is 0 Å². The molecule has 19 heavy (non-hydrogen) atoms. The van der Waals surface area contributed by atoms with Crippen molar-refractivity contribution >= 4 is 21.4 Å². The van der Waals surface area contributed by atoms with Gasteiger partial charge in [0.05, 0.1) is 6.04 Å². The summed E-state index contributed by atoms with van der Waals surface area (Å²) in [7, 11) is -3.86. The van der Waals surface area contributed by atoms with Crippen molar-refractivity contribution in [3.63, 3.8) is 0 Å². The molecule has 2 aromatic rings. The van der Waals surface area contributed by atoms with E-state index in [1.807, 2.05) is 6.92 Å². The molecule has 0 spiro atoms. The first-order chi connectivity index (χ1) is 9.04. The number of pyridine rings is 1. The van der Waals surface area contributed by atoms with Crippen molar-refractivity contribution in [3.05, 3.63) is 45.3 Å². The van der Waals surface area contributed by atoms with Crippen LogP contribution in [0.1, 0.15) is 24.4 Å². The zero-order chi connectivity index (χ0) is 13.9. The smallest absolute Gasteiger partial charge is 0.246 e. The Morgan fingerprint density at radius 2 is 2.32 bits per heavy atom. The molecule has 0 amide bonds. The van der Waals surface area contributed by atoms with Crippen molar-refractivity contribution in [1.29, 1.82) is 0 Å².